The van der Waals surface area contributed by atoms with Gasteiger partial charge in [0.1, 0.15) is 5.82 Å². The number of aliphatic hydroxyl groups is 1. The molecule has 0 radical (unpaired) electrons. The van der Waals surface area contributed by atoms with Crippen LogP contribution in [0.4, 0.5) is 10.1 Å². The summed E-state index contributed by atoms with van der Waals surface area (Å²) in [5.74, 6) is -0.437. The van der Waals surface area contributed by atoms with Crippen molar-refractivity contribution in [2.24, 2.45) is 0 Å². The lowest BCUT2D eigenvalue weighted by atomic mass is 9.96. The van der Waals surface area contributed by atoms with Gasteiger partial charge >= 0.3 is 0 Å². The van der Waals surface area contributed by atoms with Crippen LogP contribution < -0.4 is 4.90 Å². The highest BCUT2D eigenvalue weighted by atomic mass is 19.1. The van der Waals surface area contributed by atoms with E-state index in [0.717, 1.165) is 31.4 Å². The van der Waals surface area contributed by atoms with Gasteiger partial charge in [0.25, 0.3) is 0 Å². The molecular weight excluding hydrogens is 257 g/mol. The smallest absolute Gasteiger partial charge is 0.161 e. The number of nitrogens with zero attached hydrogens (tertiary/aromatic N) is 1. The van der Waals surface area contributed by atoms with Crippen molar-refractivity contribution in [1.82, 2.24) is 0 Å². The van der Waals surface area contributed by atoms with Crippen LogP contribution >= 0.6 is 0 Å². The predicted octanol–water partition coefficient (Wildman–Crippen LogP) is 2.83. The third-order valence-corrected chi connectivity index (χ3v) is 4.64. The second-order valence-electron chi connectivity index (χ2n) is 6.09. The van der Waals surface area contributed by atoms with E-state index in [-0.39, 0.29) is 29.8 Å². The molecule has 3 rings (SSSR count). The zero-order chi connectivity index (χ0) is 14.4. The molecule has 2 unspecified atom stereocenters. The molecule has 2 heterocycles. The zero-order valence-corrected chi connectivity index (χ0v) is 11.9. The number of ketones is 1. The minimum atomic E-state index is -0.330. The Morgan fingerprint density at radius 3 is 2.45 bits per heavy atom. The van der Waals surface area contributed by atoms with Gasteiger partial charge in [-0.1, -0.05) is 0 Å². The zero-order valence-electron chi connectivity index (χ0n) is 11.9. The molecule has 0 spiro atoms. The number of Topliss-reactive ketones (excluding diaryl/α,β-unsaturated/α-hetero) is 1. The summed E-state index contributed by atoms with van der Waals surface area (Å²) in [6, 6.07) is 3.69. The summed E-state index contributed by atoms with van der Waals surface area (Å²) in [6.45, 7) is 3.21. The SMILES string of the molecule is CC(=O)c1cc(F)c(C)cc1N1C2CCC1CC(O)C2. The molecule has 1 aromatic carbocycles. The highest BCUT2D eigenvalue weighted by Gasteiger charge is 2.41. The van der Waals surface area contributed by atoms with Gasteiger partial charge in [-0.15, -0.1) is 0 Å². The summed E-state index contributed by atoms with van der Waals surface area (Å²) >= 11 is 0. The van der Waals surface area contributed by atoms with E-state index in [1.165, 1.54) is 13.0 Å². The molecule has 2 aliphatic heterocycles. The van der Waals surface area contributed by atoms with Gasteiger partial charge in [0.05, 0.1) is 6.10 Å². The lowest BCUT2D eigenvalue weighted by Gasteiger charge is -2.40. The van der Waals surface area contributed by atoms with E-state index in [4.69, 9.17) is 0 Å². The molecule has 4 heteroatoms. The Labute approximate surface area is 118 Å². The number of benzene rings is 1. The van der Waals surface area contributed by atoms with Crippen LogP contribution in [0.2, 0.25) is 0 Å². The predicted molar refractivity (Wildman–Crippen MR) is 75.7 cm³/mol. The van der Waals surface area contributed by atoms with E-state index in [1.54, 1.807) is 13.0 Å². The van der Waals surface area contributed by atoms with Gasteiger partial charge in [-0.2, -0.15) is 0 Å². The van der Waals surface area contributed by atoms with Crippen LogP contribution in [0.15, 0.2) is 12.1 Å². The molecule has 3 nitrogen and oxygen atoms in total. The van der Waals surface area contributed by atoms with Crippen LogP contribution in [-0.2, 0) is 0 Å². The number of aliphatic hydroxyl groups excluding tert-OH is 1. The number of rotatable bonds is 2. The van der Waals surface area contributed by atoms with Crippen LogP contribution in [0.3, 0.4) is 0 Å². The maximum absolute atomic E-state index is 13.7. The molecule has 0 aliphatic carbocycles. The van der Waals surface area contributed by atoms with E-state index in [9.17, 15) is 14.3 Å². The van der Waals surface area contributed by atoms with Gasteiger partial charge in [0.15, 0.2) is 5.78 Å². The molecule has 0 aromatic heterocycles. The van der Waals surface area contributed by atoms with Gasteiger partial charge in [-0.05, 0) is 57.2 Å². The number of hydrogen-bond acceptors (Lipinski definition) is 3. The fourth-order valence-corrected chi connectivity index (χ4v) is 3.70. The van der Waals surface area contributed by atoms with Crippen molar-refractivity contribution in [3.63, 3.8) is 0 Å². The molecule has 20 heavy (non-hydrogen) atoms. The van der Waals surface area contributed by atoms with Crippen molar-refractivity contribution in [1.29, 1.82) is 0 Å². The first-order valence-electron chi connectivity index (χ1n) is 7.25. The van der Waals surface area contributed by atoms with E-state index in [2.05, 4.69) is 4.90 Å². The van der Waals surface area contributed by atoms with Gasteiger partial charge in [-0.25, -0.2) is 4.39 Å². The van der Waals surface area contributed by atoms with Crippen molar-refractivity contribution in [3.05, 3.63) is 29.1 Å². The second-order valence-corrected chi connectivity index (χ2v) is 6.09. The van der Waals surface area contributed by atoms with Crippen LogP contribution in [0, 0.1) is 12.7 Å². The Hall–Kier alpha value is -1.42. The van der Waals surface area contributed by atoms with Crippen molar-refractivity contribution in [2.75, 3.05) is 4.90 Å². The van der Waals surface area contributed by atoms with E-state index in [1.807, 2.05) is 0 Å². The molecule has 2 atom stereocenters. The number of hydrogen-bond donors (Lipinski definition) is 1. The fourth-order valence-electron chi connectivity index (χ4n) is 3.70. The molecule has 0 saturated carbocycles. The van der Waals surface area contributed by atoms with Gasteiger partial charge in [0.2, 0.25) is 0 Å². The van der Waals surface area contributed by atoms with Crippen LogP contribution in [0.25, 0.3) is 0 Å². The number of anilines is 1. The average Bonchev–Trinajstić information content (AvgIpc) is 2.64. The normalized spacial score (nSPS) is 28.8. The monoisotopic (exact) mass is 277 g/mol. The number of carbonyl (C=O) groups excluding carboxylic acids is 1. The molecule has 2 bridgehead atoms. The minimum Gasteiger partial charge on any atom is -0.393 e. The lowest BCUT2D eigenvalue weighted by Crippen LogP contribution is -2.45. The molecule has 2 fully saturated rings. The first kappa shape index (κ1) is 13.6. The summed E-state index contributed by atoms with van der Waals surface area (Å²) < 4.78 is 13.7. The topological polar surface area (TPSA) is 40.5 Å². The van der Waals surface area contributed by atoms with Crippen LogP contribution in [0.1, 0.15) is 48.5 Å². The second kappa shape index (κ2) is 4.85. The maximum Gasteiger partial charge on any atom is 0.161 e. The fraction of sp³-hybridized carbons (Fsp3) is 0.562. The van der Waals surface area contributed by atoms with E-state index < -0.39 is 0 Å². The number of piperidine rings is 1. The molecule has 0 amide bonds. The minimum absolute atomic E-state index is 0.107. The number of halogens is 1. The lowest BCUT2D eigenvalue weighted by molar-refractivity contribution is 0.101. The largest absolute Gasteiger partial charge is 0.393 e. The van der Waals surface area contributed by atoms with Crippen molar-refractivity contribution in [3.8, 4) is 0 Å². The highest BCUT2D eigenvalue weighted by molar-refractivity contribution is 6.00. The number of fused-ring (bicyclic) bond motifs is 2. The van der Waals surface area contributed by atoms with E-state index in [0.29, 0.717) is 11.1 Å². The highest BCUT2D eigenvalue weighted by Crippen LogP contribution is 2.41. The van der Waals surface area contributed by atoms with Gasteiger partial charge < -0.3 is 10.0 Å². The van der Waals surface area contributed by atoms with Gasteiger partial charge in [0, 0.05) is 23.3 Å². The molecule has 2 aliphatic rings. The standard InChI is InChI=1S/C16H20FNO2/c1-9-5-16(14(10(2)19)8-15(9)17)18-11-3-4-12(18)7-13(20)6-11/h5,8,11-13,20H,3-4,6-7H2,1-2H3. The molecule has 1 N–H and O–H groups in total. The van der Waals surface area contributed by atoms with Crippen LogP contribution in [0.5, 0.6) is 0 Å². The first-order chi connectivity index (χ1) is 9.47. The number of aryl methyl sites for hydroxylation is 1. The van der Waals surface area contributed by atoms with Gasteiger partial charge in [-0.3, -0.25) is 4.79 Å². The molecule has 2 saturated heterocycles. The summed E-state index contributed by atoms with van der Waals surface area (Å²) in [7, 11) is 0. The summed E-state index contributed by atoms with van der Waals surface area (Å²) in [5, 5.41) is 9.88. The third kappa shape index (κ3) is 2.12. The van der Waals surface area contributed by atoms with Crippen molar-refractivity contribution < 1.29 is 14.3 Å². The van der Waals surface area contributed by atoms with Crippen LogP contribution in [-0.4, -0.2) is 29.1 Å². The molecule has 1 aromatic rings. The Bertz CT molecular complexity index is 544. The average molecular weight is 277 g/mol. The summed E-state index contributed by atoms with van der Waals surface area (Å²) in [4.78, 5) is 14.1. The quantitative estimate of drug-likeness (QED) is 0.845. The Balaban J connectivity index is 2.06. The van der Waals surface area contributed by atoms with Crippen molar-refractivity contribution in [2.45, 2.75) is 57.7 Å². The van der Waals surface area contributed by atoms with E-state index >= 15 is 0 Å². The molecular formula is C16H20FNO2. The first-order valence-corrected chi connectivity index (χ1v) is 7.25. The number of carbonyl (C=O) groups is 1. The summed E-state index contributed by atoms with van der Waals surface area (Å²) in [6.07, 6.45) is 3.31. The summed E-state index contributed by atoms with van der Waals surface area (Å²) in [5.41, 5.74) is 1.87. The third-order valence-electron chi connectivity index (χ3n) is 4.64. The van der Waals surface area contributed by atoms with Crippen molar-refractivity contribution >= 4 is 11.5 Å². The Morgan fingerprint density at radius 2 is 1.90 bits per heavy atom. The maximum atomic E-state index is 13.7. The Morgan fingerprint density at radius 1 is 1.30 bits per heavy atom. The molecule has 108 valence electrons. The Kier molecular flexibility index (Phi) is 3.28.